The van der Waals surface area contributed by atoms with Crippen molar-refractivity contribution in [2.45, 2.75) is 13.3 Å². The first-order valence-corrected chi connectivity index (χ1v) is 10.6. The second-order valence-electron chi connectivity index (χ2n) is 6.98. The van der Waals surface area contributed by atoms with E-state index in [0.29, 0.717) is 13.2 Å². The molecule has 0 unspecified atom stereocenters. The van der Waals surface area contributed by atoms with Crippen LogP contribution in [0.2, 0.25) is 0 Å². The van der Waals surface area contributed by atoms with Crippen molar-refractivity contribution >= 4 is 34.3 Å². The highest BCUT2D eigenvalue weighted by Gasteiger charge is 2.20. The number of hydrogen-bond acceptors (Lipinski definition) is 7. The molecule has 1 aromatic heterocycles. The molecule has 2 aliphatic heterocycles. The summed E-state index contributed by atoms with van der Waals surface area (Å²) >= 11 is 1.57. The Morgan fingerprint density at radius 2 is 1.79 bits per heavy atom. The summed E-state index contributed by atoms with van der Waals surface area (Å²) in [5.41, 5.74) is 3.88. The number of carbonyl (C=O) groups excluding carboxylic acids is 1. The molecule has 1 amide bonds. The van der Waals surface area contributed by atoms with E-state index < -0.39 is 0 Å². The number of ether oxygens (including phenoxy) is 2. The number of rotatable bonds is 5. The number of benzene rings is 1. The summed E-state index contributed by atoms with van der Waals surface area (Å²) in [7, 11) is 0. The molecule has 3 heterocycles. The monoisotopic (exact) mass is 402 g/mol. The van der Waals surface area contributed by atoms with E-state index in [1.54, 1.807) is 11.3 Å². The van der Waals surface area contributed by atoms with Crippen LogP contribution in [0.1, 0.15) is 10.7 Å². The van der Waals surface area contributed by atoms with E-state index in [1.807, 2.05) is 18.4 Å². The van der Waals surface area contributed by atoms with Gasteiger partial charge in [-0.05, 0) is 25.1 Å². The number of aromatic nitrogens is 1. The van der Waals surface area contributed by atoms with Crippen LogP contribution in [0.15, 0.2) is 23.6 Å². The van der Waals surface area contributed by atoms with E-state index in [-0.39, 0.29) is 12.3 Å². The van der Waals surface area contributed by atoms with E-state index in [4.69, 9.17) is 9.47 Å². The molecule has 0 aliphatic carbocycles. The van der Waals surface area contributed by atoms with Crippen LogP contribution in [-0.2, 0) is 20.7 Å². The smallest absolute Gasteiger partial charge is 0.230 e. The predicted molar refractivity (Wildman–Crippen MR) is 112 cm³/mol. The number of hydrogen-bond donors (Lipinski definition) is 1. The van der Waals surface area contributed by atoms with Gasteiger partial charge >= 0.3 is 0 Å². The van der Waals surface area contributed by atoms with Crippen LogP contribution < -0.4 is 15.1 Å². The minimum Gasteiger partial charge on any atom is -0.378 e. The number of nitrogens with zero attached hydrogens (tertiary/aromatic N) is 3. The lowest BCUT2D eigenvalue weighted by Gasteiger charge is -2.33. The Labute approximate surface area is 169 Å². The molecule has 150 valence electrons. The molecule has 0 saturated carbocycles. The Morgan fingerprint density at radius 3 is 2.43 bits per heavy atom. The average Bonchev–Trinajstić information content (AvgIpc) is 3.14. The van der Waals surface area contributed by atoms with Gasteiger partial charge in [-0.1, -0.05) is 0 Å². The summed E-state index contributed by atoms with van der Waals surface area (Å²) in [6, 6.07) is 6.27. The average molecular weight is 403 g/mol. The lowest BCUT2D eigenvalue weighted by Crippen LogP contribution is -2.38. The van der Waals surface area contributed by atoms with Crippen LogP contribution in [-0.4, -0.2) is 63.5 Å². The first-order valence-electron chi connectivity index (χ1n) is 9.69. The molecule has 2 saturated heterocycles. The topological polar surface area (TPSA) is 66.9 Å². The molecule has 1 N–H and O–H groups in total. The van der Waals surface area contributed by atoms with Gasteiger partial charge in [-0.2, -0.15) is 0 Å². The van der Waals surface area contributed by atoms with Crippen molar-refractivity contribution in [1.82, 2.24) is 4.98 Å². The standard InChI is InChI=1S/C20H26N4O3S/c1-15-21-16(14-28-15)12-20(25)22-18-3-2-17(23-4-8-26-9-5-23)13-19(18)24-6-10-27-11-7-24/h2-3,13-14H,4-12H2,1H3,(H,22,25). The fraction of sp³-hybridized carbons (Fsp3) is 0.500. The van der Waals surface area contributed by atoms with E-state index in [0.717, 1.165) is 67.2 Å². The Kier molecular flexibility index (Phi) is 6.09. The zero-order valence-corrected chi connectivity index (χ0v) is 17.0. The van der Waals surface area contributed by atoms with Gasteiger partial charge in [0.05, 0.1) is 54.9 Å². The highest BCUT2D eigenvalue weighted by atomic mass is 32.1. The third-order valence-corrected chi connectivity index (χ3v) is 5.81. The molecule has 2 aliphatic rings. The molecule has 4 rings (SSSR count). The normalized spacial score (nSPS) is 17.6. The lowest BCUT2D eigenvalue weighted by molar-refractivity contribution is -0.115. The zero-order valence-electron chi connectivity index (χ0n) is 16.1. The van der Waals surface area contributed by atoms with Gasteiger partial charge in [-0.15, -0.1) is 11.3 Å². The molecule has 8 heteroatoms. The largest absolute Gasteiger partial charge is 0.378 e. The molecule has 0 atom stereocenters. The van der Waals surface area contributed by atoms with Gasteiger partial charge < -0.3 is 24.6 Å². The van der Waals surface area contributed by atoms with Crippen molar-refractivity contribution in [3.8, 4) is 0 Å². The van der Waals surface area contributed by atoms with Crippen molar-refractivity contribution in [2.75, 3.05) is 67.7 Å². The summed E-state index contributed by atoms with van der Waals surface area (Å²) in [6.45, 7) is 8.26. The minimum absolute atomic E-state index is 0.0427. The third-order valence-electron chi connectivity index (χ3n) is 4.99. The molecule has 0 radical (unpaired) electrons. The van der Waals surface area contributed by atoms with Crippen molar-refractivity contribution in [3.63, 3.8) is 0 Å². The van der Waals surface area contributed by atoms with Crippen molar-refractivity contribution in [3.05, 3.63) is 34.3 Å². The number of carbonyl (C=O) groups is 1. The van der Waals surface area contributed by atoms with E-state index in [1.165, 1.54) is 0 Å². The summed E-state index contributed by atoms with van der Waals surface area (Å²) < 4.78 is 11.0. The molecule has 0 spiro atoms. The fourth-order valence-electron chi connectivity index (χ4n) is 3.56. The molecule has 2 fully saturated rings. The van der Waals surface area contributed by atoms with Crippen LogP contribution >= 0.6 is 11.3 Å². The maximum absolute atomic E-state index is 12.6. The predicted octanol–water partition coefficient (Wildman–Crippen LogP) is 2.31. The van der Waals surface area contributed by atoms with E-state index in [9.17, 15) is 4.79 Å². The number of morpholine rings is 2. The number of thiazole rings is 1. The van der Waals surface area contributed by atoms with Gasteiger partial charge in [0.2, 0.25) is 5.91 Å². The second-order valence-corrected chi connectivity index (χ2v) is 8.05. The second kappa shape index (κ2) is 8.89. The molecular formula is C20H26N4O3S. The maximum atomic E-state index is 12.6. The van der Waals surface area contributed by atoms with Crippen LogP contribution in [0.25, 0.3) is 0 Å². The molecular weight excluding hydrogens is 376 g/mol. The SMILES string of the molecule is Cc1nc(CC(=O)Nc2ccc(N3CCOCC3)cc2N2CCOCC2)cs1. The lowest BCUT2D eigenvalue weighted by atomic mass is 10.1. The molecule has 7 nitrogen and oxygen atoms in total. The van der Waals surface area contributed by atoms with Crippen molar-refractivity contribution in [2.24, 2.45) is 0 Å². The number of aryl methyl sites for hydroxylation is 1. The van der Waals surface area contributed by atoms with Crippen LogP contribution in [0, 0.1) is 6.92 Å². The van der Waals surface area contributed by atoms with Gasteiger partial charge in [-0.25, -0.2) is 4.98 Å². The number of anilines is 3. The minimum atomic E-state index is -0.0427. The Hall–Kier alpha value is -2.16. The molecule has 0 bridgehead atoms. The van der Waals surface area contributed by atoms with Gasteiger partial charge in [-0.3, -0.25) is 4.79 Å². The highest BCUT2D eigenvalue weighted by molar-refractivity contribution is 7.09. The van der Waals surface area contributed by atoms with Crippen molar-refractivity contribution < 1.29 is 14.3 Å². The van der Waals surface area contributed by atoms with Crippen LogP contribution in [0.5, 0.6) is 0 Å². The van der Waals surface area contributed by atoms with Crippen LogP contribution in [0.3, 0.4) is 0 Å². The molecule has 2 aromatic rings. The number of amides is 1. The van der Waals surface area contributed by atoms with Crippen molar-refractivity contribution in [1.29, 1.82) is 0 Å². The Bertz CT molecular complexity index is 814. The zero-order chi connectivity index (χ0) is 19.3. The quantitative estimate of drug-likeness (QED) is 0.828. The highest BCUT2D eigenvalue weighted by Crippen LogP contribution is 2.32. The summed E-state index contributed by atoms with van der Waals surface area (Å²) in [6.07, 6.45) is 0.290. The Morgan fingerprint density at radius 1 is 1.11 bits per heavy atom. The van der Waals surface area contributed by atoms with Gasteiger partial charge in [0, 0.05) is 37.2 Å². The fourth-order valence-corrected chi connectivity index (χ4v) is 4.17. The van der Waals surface area contributed by atoms with E-state index in [2.05, 4.69) is 32.2 Å². The summed E-state index contributed by atoms with van der Waals surface area (Å²) in [5.74, 6) is -0.0427. The molecule has 28 heavy (non-hydrogen) atoms. The molecule has 1 aromatic carbocycles. The van der Waals surface area contributed by atoms with E-state index >= 15 is 0 Å². The van der Waals surface area contributed by atoms with Gasteiger partial charge in [0.25, 0.3) is 0 Å². The van der Waals surface area contributed by atoms with Gasteiger partial charge in [0.1, 0.15) is 0 Å². The summed E-state index contributed by atoms with van der Waals surface area (Å²) in [5, 5.41) is 6.02. The maximum Gasteiger partial charge on any atom is 0.230 e. The first kappa shape index (κ1) is 19.2. The first-order chi connectivity index (χ1) is 13.7. The third kappa shape index (κ3) is 4.63. The Balaban J connectivity index is 1.54. The summed E-state index contributed by atoms with van der Waals surface area (Å²) in [4.78, 5) is 21.6. The van der Waals surface area contributed by atoms with Crippen LogP contribution in [0.4, 0.5) is 17.1 Å². The number of nitrogens with one attached hydrogen (secondary N) is 1. The van der Waals surface area contributed by atoms with Gasteiger partial charge in [0.15, 0.2) is 0 Å².